The molecule has 1 heterocycles. The Bertz CT molecular complexity index is 485. The fraction of sp³-hybridized carbons (Fsp3) is 0.667. The van der Waals surface area contributed by atoms with E-state index in [0.29, 0.717) is 48.5 Å². The summed E-state index contributed by atoms with van der Waals surface area (Å²) in [6.45, 7) is 11.5. The van der Waals surface area contributed by atoms with E-state index in [4.69, 9.17) is 22.1 Å². The summed E-state index contributed by atoms with van der Waals surface area (Å²) in [6.07, 6.45) is 4.00. The van der Waals surface area contributed by atoms with Crippen molar-refractivity contribution in [2.75, 3.05) is 26.7 Å². The third-order valence-corrected chi connectivity index (χ3v) is 3.72. The molecule has 0 aromatic heterocycles. The van der Waals surface area contributed by atoms with Gasteiger partial charge in [0, 0.05) is 24.3 Å². The molecule has 2 N–H and O–H groups in total. The Morgan fingerprint density at radius 3 is 2.58 bits per heavy atom. The number of nitrogens with two attached hydrogens (primary N) is 1. The molecule has 24 heavy (non-hydrogen) atoms. The summed E-state index contributed by atoms with van der Waals surface area (Å²) in [5.41, 5.74) is 7.09. The molecule has 1 amide bonds. The van der Waals surface area contributed by atoms with Crippen LogP contribution < -0.4 is 5.73 Å². The molecule has 5 nitrogen and oxygen atoms in total. The monoisotopic (exact) mass is 357 g/mol. The number of morpholine rings is 1. The number of allylic oxidation sites excluding steroid dienone is 2. The van der Waals surface area contributed by atoms with Gasteiger partial charge in [0.05, 0.1) is 13.2 Å². The number of hydrogen-bond acceptors (Lipinski definition) is 4. The Kier molecular flexibility index (Phi) is 11.4. The molecule has 1 saturated heterocycles. The Hall–Kier alpha value is -1.33. The number of nitrogens with zero attached hydrogens (tertiary/aromatic N) is 2. The zero-order chi connectivity index (χ0) is 18.7. The van der Waals surface area contributed by atoms with Gasteiger partial charge in [0.1, 0.15) is 11.8 Å². The molecular weight excluding hydrogens is 326 g/mol. The summed E-state index contributed by atoms with van der Waals surface area (Å²) in [6, 6.07) is 0. The normalized spacial score (nSPS) is 19.9. The predicted octanol–water partition coefficient (Wildman–Crippen LogP) is 3.34. The largest absolute Gasteiger partial charge is 0.400 e. The Morgan fingerprint density at radius 1 is 1.46 bits per heavy atom. The second kappa shape index (κ2) is 12.1. The van der Waals surface area contributed by atoms with Crippen LogP contribution in [0.3, 0.4) is 0 Å². The van der Waals surface area contributed by atoms with Gasteiger partial charge in [-0.05, 0) is 18.4 Å². The van der Waals surface area contributed by atoms with Gasteiger partial charge < -0.3 is 15.4 Å². The number of carbonyl (C=O) groups is 1. The van der Waals surface area contributed by atoms with E-state index in [2.05, 4.69) is 18.8 Å². The highest BCUT2D eigenvalue weighted by molar-refractivity contribution is 6.45. The van der Waals surface area contributed by atoms with Gasteiger partial charge in [-0.2, -0.15) is 0 Å². The number of rotatable bonds is 5. The number of halogens is 1. The zero-order valence-electron chi connectivity index (χ0n) is 15.8. The van der Waals surface area contributed by atoms with Gasteiger partial charge in [-0.25, -0.2) is 0 Å². The zero-order valence-corrected chi connectivity index (χ0v) is 16.6. The summed E-state index contributed by atoms with van der Waals surface area (Å²) >= 11 is 6.01. The first-order chi connectivity index (χ1) is 11.4. The van der Waals surface area contributed by atoms with Crippen LogP contribution in [0.5, 0.6) is 0 Å². The summed E-state index contributed by atoms with van der Waals surface area (Å²) in [5, 5.41) is 0.609. The number of aliphatic imine (C=N–C) groups is 1. The lowest BCUT2D eigenvalue weighted by molar-refractivity contribution is -0.130. The summed E-state index contributed by atoms with van der Waals surface area (Å²) in [5.74, 6) is 0.202. The molecule has 1 aliphatic heterocycles. The molecule has 1 rings (SSSR count). The fourth-order valence-corrected chi connectivity index (χ4v) is 2.27. The maximum absolute atomic E-state index is 12.5. The van der Waals surface area contributed by atoms with Gasteiger partial charge in [-0.15, -0.1) is 0 Å². The van der Waals surface area contributed by atoms with E-state index in [1.165, 1.54) is 0 Å². The maximum Gasteiger partial charge on any atom is 0.272 e. The van der Waals surface area contributed by atoms with Crippen molar-refractivity contribution in [3.8, 4) is 0 Å². The van der Waals surface area contributed by atoms with Crippen molar-refractivity contribution in [3.05, 3.63) is 22.9 Å². The molecule has 1 unspecified atom stereocenters. The van der Waals surface area contributed by atoms with Gasteiger partial charge in [-0.1, -0.05) is 52.3 Å². The molecule has 1 atom stereocenters. The van der Waals surface area contributed by atoms with Crippen molar-refractivity contribution in [3.63, 3.8) is 0 Å². The first-order valence-electron chi connectivity index (χ1n) is 8.59. The van der Waals surface area contributed by atoms with Gasteiger partial charge in [0.15, 0.2) is 0 Å². The number of amides is 1. The second-order valence-corrected chi connectivity index (χ2v) is 6.06. The molecule has 1 aliphatic rings. The molecule has 138 valence electrons. The Balaban J connectivity index is 0.00000254. The Labute approximate surface area is 151 Å². The molecule has 6 heteroatoms. The molecule has 0 aromatic carbocycles. The van der Waals surface area contributed by atoms with Gasteiger partial charge in [-0.3, -0.25) is 9.79 Å². The predicted molar refractivity (Wildman–Crippen MR) is 102 cm³/mol. The van der Waals surface area contributed by atoms with Crippen molar-refractivity contribution in [2.24, 2.45) is 16.6 Å². The van der Waals surface area contributed by atoms with E-state index >= 15 is 0 Å². The molecule has 0 saturated carbocycles. The lowest BCUT2D eigenvalue weighted by atomic mass is 10.1. The third-order valence-electron chi connectivity index (χ3n) is 3.34. The van der Waals surface area contributed by atoms with Crippen LogP contribution in [0.4, 0.5) is 0 Å². The van der Waals surface area contributed by atoms with Crippen LogP contribution in [0.25, 0.3) is 0 Å². The van der Waals surface area contributed by atoms with Crippen LogP contribution in [0.15, 0.2) is 27.9 Å². The second-order valence-electron chi connectivity index (χ2n) is 5.57. The van der Waals surface area contributed by atoms with E-state index in [1.54, 1.807) is 18.0 Å². The topological polar surface area (TPSA) is 67.9 Å². The average Bonchev–Trinajstić information content (AvgIpc) is 2.60. The van der Waals surface area contributed by atoms with Crippen LogP contribution in [0, 0.1) is 5.92 Å². The first kappa shape index (κ1) is 22.7. The standard InChI is InChI=1S/C16H26ClN3O2.C2H6/c1-5-12(17)9-14(19-4)16(21)20-6-7-22-15(10-20)13(18)8-11(2)3;1-2/h8-9,11,15H,5-7,10,18H2,1-4H3;1-2H3/b12-9+,13-8-,19-14?;. The molecule has 0 radical (unpaired) electrons. The summed E-state index contributed by atoms with van der Waals surface area (Å²) in [7, 11) is 1.59. The lowest BCUT2D eigenvalue weighted by Gasteiger charge is -2.33. The van der Waals surface area contributed by atoms with Crippen molar-refractivity contribution < 1.29 is 9.53 Å². The first-order valence-corrected chi connectivity index (χ1v) is 8.97. The molecule has 0 aliphatic carbocycles. The van der Waals surface area contributed by atoms with Crippen LogP contribution in [0.2, 0.25) is 0 Å². The minimum Gasteiger partial charge on any atom is -0.400 e. The molecule has 0 bridgehead atoms. The third kappa shape index (κ3) is 7.49. The average molecular weight is 358 g/mol. The van der Waals surface area contributed by atoms with Crippen molar-refractivity contribution in [1.29, 1.82) is 0 Å². The number of ether oxygens (including phenoxy) is 1. The van der Waals surface area contributed by atoms with Crippen LogP contribution >= 0.6 is 11.6 Å². The molecule has 0 spiro atoms. The van der Waals surface area contributed by atoms with E-state index in [0.717, 1.165) is 0 Å². The molecule has 0 aromatic rings. The van der Waals surface area contributed by atoms with Gasteiger partial charge >= 0.3 is 0 Å². The molecular formula is C18H32ClN3O2. The maximum atomic E-state index is 12.5. The van der Waals surface area contributed by atoms with Crippen LogP contribution in [-0.4, -0.2) is 49.4 Å². The Morgan fingerprint density at radius 2 is 2.08 bits per heavy atom. The fourth-order valence-electron chi connectivity index (χ4n) is 2.16. The number of carbonyl (C=O) groups excluding carboxylic acids is 1. The minimum absolute atomic E-state index is 0.139. The van der Waals surface area contributed by atoms with E-state index in [9.17, 15) is 4.79 Å². The SMILES string of the molecule is CC.CC/C(Cl)=C\C(=NC)C(=O)N1CCOC(/C(N)=C/C(C)C)C1. The van der Waals surface area contributed by atoms with Crippen molar-refractivity contribution in [1.82, 2.24) is 4.90 Å². The van der Waals surface area contributed by atoms with E-state index in [1.807, 2.05) is 26.8 Å². The molecule has 1 fully saturated rings. The minimum atomic E-state index is -0.260. The van der Waals surface area contributed by atoms with E-state index in [-0.39, 0.29) is 12.0 Å². The highest BCUT2D eigenvalue weighted by atomic mass is 35.5. The summed E-state index contributed by atoms with van der Waals surface area (Å²) < 4.78 is 5.67. The van der Waals surface area contributed by atoms with Crippen LogP contribution in [-0.2, 0) is 9.53 Å². The summed E-state index contributed by atoms with van der Waals surface area (Å²) in [4.78, 5) is 18.3. The van der Waals surface area contributed by atoms with Gasteiger partial charge in [0.25, 0.3) is 5.91 Å². The smallest absolute Gasteiger partial charge is 0.272 e. The quantitative estimate of drug-likeness (QED) is 0.767. The highest BCUT2D eigenvalue weighted by Gasteiger charge is 2.27. The highest BCUT2D eigenvalue weighted by Crippen LogP contribution is 2.14. The van der Waals surface area contributed by atoms with E-state index < -0.39 is 0 Å². The lowest BCUT2D eigenvalue weighted by Crippen LogP contribution is -2.49. The van der Waals surface area contributed by atoms with Crippen molar-refractivity contribution in [2.45, 2.75) is 47.1 Å². The van der Waals surface area contributed by atoms with Crippen molar-refractivity contribution >= 4 is 23.2 Å². The van der Waals surface area contributed by atoms with Crippen LogP contribution in [0.1, 0.15) is 41.0 Å². The van der Waals surface area contributed by atoms with Gasteiger partial charge in [0.2, 0.25) is 0 Å². The number of hydrogen-bond donors (Lipinski definition) is 1.